The van der Waals surface area contributed by atoms with Gasteiger partial charge in [0.15, 0.2) is 11.5 Å². The highest BCUT2D eigenvalue weighted by atomic mass is 32.2. The number of halogens is 1. The fourth-order valence-electron chi connectivity index (χ4n) is 1.86. The molecule has 0 bridgehead atoms. The van der Waals surface area contributed by atoms with Crippen LogP contribution < -0.4 is 9.47 Å². The van der Waals surface area contributed by atoms with Gasteiger partial charge in [-0.3, -0.25) is 0 Å². The van der Waals surface area contributed by atoms with Crippen LogP contribution in [0.4, 0.5) is 4.39 Å². The Labute approximate surface area is 128 Å². The zero-order valence-corrected chi connectivity index (χ0v) is 12.9. The third-order valence-electron chi connectivity index (χ3n) is 3.00. The Morgan fingerprint density at radius 2 is 1.64 bits per heavy atom. The topological polar surface area (TPSA) is 52.6 Å². The van der Waals surface area contributed by atoms with Gasteiger partial charge in [-0.05, 0) is 35.9 Å². The Hall–Kier alpha value is -2.34. The number of hydrogen-bond acceptors (Lipinski definition) is 4. The molecule has 0 aliphatic rings. The minimum Gasteiger partial charge on any atom is -0.493 e. The number of rotatable bonds is 5. The van der Waals surface area contributed by atoms with Crippen molar-refractivity contribution >= 4 is 15.9 Å². The maximum absolute atomic E-state index is 14.2. The van der Waals surface area contributed by atoms with Crippen molar-refractivity contribution in [3.05, 3.63) is 59.3 Å². The number of sulfone groups is 1. The second kappa shape index (κ2) is 6.62. The molecule has 0 aliphatic carbocycles. The van der Waals surface area contributed by atoms with Gasteiger partial charge in [-0.25, -0.2) is 8.42 Å². The summed E-state index contributed by atoms with van der Waals surface area (Å²) in [6, 6.07) is 12.0. The molecule has 4 nitrogen and oxygen atoms in total. The third-order valence-corrected chi connectivity index (χ3v) is 4.52. The highest BCUT2D eigenvalue weighted by Crippen LogP contribution is 2.29. The Balaban J connectivity index is 2.41. The van der Waals surface area contributed by atoms with E-state index in [0.717, 1.165) is 6.08 Å². The molecule has 116 valence electrons. The average Bonchev–Trinajstić information content (AvgIpc) is 2.55. The molecule has 0 saturated heterocycles. The van der Waals surface area contributed by atoms with Crippen LogP contribution in [0, 0.1) is 0 Å². The van der Waals surface area contributed by atoms with Crippen LogP contribution in [-0.4, -0.2) is 22.6 Å². The van der Waals surface area contributed by atoms with Crippen LogP contribution in [0.5, 0.6) is 11.5 Å². The quantitative estimate of drug-likeness (QED) is 0.846. The van der Waals surface area contributed by atoms with Crippen molar-refractivity contribution in [1.29, 1.82) is 0 Å². The van der Waals surface area contributed by atoms with Gasteiger partial charge in [0, 0.05) is 0 Å². The Morgan fingerprint density at radius 1 is 1.00 bits per heavy atom. The minimum atomic E-state index is -4.15. The Kier molecular flexibility index (Phi) is 4.82. The first-order valence-electron chi connectivity index (χ1n) is 6.38. The summed E-state index contributed by atoms with van der Waals surface area (Å²) in [4.78, 5) is -0.0933. The van der Waals surface area contributed by atoms with E-state index in [1.807, 2.05) is 0 Å². The summed E-state index contributed by atoms with van der Waals surface area (Å²) in [6.45, 7) is 0. The van der Waals surface area contributed by atoms with Gasteiger partial charge in [0.25, 0.3) is 0 Å². The summed E-state index contributed by atoms with van der Waals surface area (Å²) in [6.07, 6.45) is 0.949. The van der Waals surface area contributed by atoms with Crippen molar-refractivity contribution < 1.29 is 22.3 Å². The summed E-state index contributed by atoms with van der Waals surface area (Å²) >= 11 is 0. The van der Waals surface area contributed by atoms with Crippen molar-refractivity contribution in [2.45, 2.75) is 4.90 Å². The highest BCUT2D eigenvalue weighted by Gasteiger charge is 2.20. The van der Waals surface area contributed by atoms with Crippen LogP contribution in [0.25, 0.3) is 6.08 Å². The van der Waals surface area contributed by atoms with Crippen LogP contribution in [0.1, 0.15) is 5.56 Å². The van der Waals surface area contributed by atoms with Crippen molar-refractivity contribution in [1.82, 2.24) is 0 Å². The molecule has 0 atom stereocenters. The van der Waals surface area contributed by atoms with Crippen LogP contribution >= 0.6 is 0 Å². The Morgan fingerprint density at radius 3 is 2.23 bits per heavy atom. The van der Waals surface area contributed by atoms with Gasteiger partial charge < -0.3 is 9.47 Å². The zero-order valence-electron chi connectivity index (χ0n) is 12.1. The molecule has 2 aromatic rings. The summed E-state index contributed by atoms with van der Waals surface area (Å²) in [5, 5.41) is -1.23. The number of methoxy groups -OCH3 is 2. The summed E-state index contributed by atoms with van der Waals surface area (Å²) in [5.74, 6) is 0.868. The van der Waals surface area contributed by atoms with Crippen molar-refractivity contribution in [3.8, 4) is 11.5 Å². The van der Waals surface area contributed by atoms with Gasteiger partial charge in [0.05, 0.1) is 19.1 Å². The van der Waals surface area contributed by atoms with Crippen LogP contribution in [-0.2, 0) is 9.84 Å². The van der Waals surface area contributed by atoms with Gasteiger partial charge in [-0.2, -0.15) is 4.39 Å². The van der Waals surface area contributed by atoms with E-state index in [2.05, 4.69) is 0 Å². The van der Waals surface area contributed by atoms with Gasteiger partial charge in [0.2, 0.25) is 15.0 Å². The molecule has 2 aromatic carbocycles. The molecule has 22 heavy (non-hydrogen) atoms. The molecule has 6 heteroatoms. The molecule has 0 amide bonds. The second-order valence-electron chi connectivity index (χ2n) is 4.38. The molecule has 0 spiro atoms. The van der Waals surface area contributed by atoms with Crippen molar-refractivity contribution in [2.75, 3.05) is 14.2 Å². The van der Waals surface area contributed by atoms with Crippen LogP contribution in [0.2, 0.25) is 0 Å². The monoisotopic (exact) mass is 322 g/mol. The van der Waals surface area contributed by atoms with Crippen molar-refractivity contribution in [3.63, 3.8) is 0 Å². The molecular weight excluding hydrogens is 307 g/mol. The SMILES string of the molecule is COc1ccc(/C=C(\F)S(=O)(=O)c2ccccc2)cc1OC. The maximum Gasteiger partial charge on any atom is 0.233 e. The third kappa shape index (κ3) is 3.28. The number of benzene rings is 2. The highest BCUT2D eigenvalue weighted by molar-refractivity contribution is 7.95. The molecule has 0 unspecified atom stereocenters. The standard InChI is InChI=1S/C16H15FO4S/c1-20-14-9-8-12(10-15(14)21-2)11-16(17)22(18,19)13-6-4-3-5-7-13/h3-11H,1-2H3/b16-11+. The molecule has 0 heterocycles. The largest absolute Gasteiger partial charge is 0.493 e. The predicted octanol–water partition coefficient (Wildman–Crippen LogP) is 3.45. The summed E-state index contributed by atoms with van der Waals surface area (Å²) in [5.41, 5.74) is 0.356. The van der Waals surface area contributed by atoms with E-state index in [0.29, 0.717) is 17.1 Å². The van der Waals surface area contributed by atoms with Gasteiger partial charge in [0.1, 0.15) is 0 Å². The first kappa shape index (κ1) is 16.0. The smallest absolute Gasteiger partial charge is 0.233 e. The van der Waals surface area contributed by atoms with Crippen LogP contribution in [0.3, 0.4) is 0 Å². The predicted molar refractivity (Wildman–Crippen MR) is 82.3 cm³/mol. The van der Waals surface area contributed by atoms with E-state index in [1.165, 1.54) is 44.6 Å². The molecule has 0 saturated carbocycles. The molecule has 0 radical (unpaired) electrons. The lowest BCUT2D eigenvalue weighted by Gasteiger charge is -2.08. The van der Waals surface area contributed by atoms with Crippen LogP contribution in [0.15, 0.2) is 58.6 Å². The van der Waals surface area contributed by atoms with Gasteiger partial charge in [-0.15, -0.1) is 0 Å². The fourth-order valence-corrected chi connectivity index (χ4v) is 2.90. The van der Waals surface area contributed by atoms with E-state index in [9.17, 15) is 12.8 Å². The lowest BCUT2D eigenvalue weighted by atomic mass is 10.2. The van der Waals surface area contributed by atoms with E-state index in [1.54, 1.807) is 18.2 Å². The number of ether oxygens (including phenoxy) is 2. The summed E-state index contributed by atoms with van der Waals surface area (Å²) in [7, 11) is -1.22. The van der Waals surface area contributed by atoms with Gasteiger partial charge >= 0.3 is 0 Å². The average molecular weight is 322 g/mol. The van der Waals surface area contributed by atoms with E-state index >= 15 is 0 Å². The van der Waals surface area contributed by atoms with E-state index in [4.69, 9.17) is 9.47 Å². The van der Waals surface area contributed by atoms with E-state index in [-0.39, 0.29) is 4.90 Å². The Bertz CT molecular complexity index is 783. The van der Waals surface area contributed by atoms with E-state index < -0.39 is 15.0 Å². The van der Waals surface area contributed by atoms with Gasteiger partial charge in [-0.1, -0.05) is 24.3 Å². The molecule has 0 N–H and O–H groups in total. The lowest BCUT2D eigenvalue weighted by molar-refractivity contribution is 0.355. The minimum absolute atomic E-state index is 0.0933. The zero-order chi connectivity index (χ0) is 16.2. The summed E-state index contributed by atoms with van der Waals surface area (Å²) < 4.78 is 48.6. The first-order valence-corrected chi connectivity index (χ1v) is 7.86. The normalized spacial score (nSPS) is 12.0. The first-order chi connectivity index (χ1) is 10.5. The molecule has 2 rings (SSSR count). The fraction of sp³-hybridized carbons (Fsp3) is 0.125. The second-order valence-corrected chi connectivity index (χ2v) is 6.25. The molecule has 0 fully saturated rings. The maximum atomic E-state index is 14.2. The number of hydrogen-bond donors (Lipinski definition) is 0. The molecular formula is C16H15FO4S. The molecule has 0 aliphatic heterocycles. The van der Waals surface area contributed by atoms with Crippen molar-refractivity contribution in [2.24, 2.45) is 0 Å². The lowest BCUT2D eigenvalue weighted by Crippen LogP contribution is -2.01. The molecule has 0 aromatic heterocycles.